The highest BCUT2D eigenvalue weighted by molar-refractivity contribution is 6.26. The van der Waals surface area contributed by atoms with E-state index in [1.807, 2.05) is 12.1 Å². The predicted molar refractivity (Wildman–Crippen MR) is 290 cm³/mol. The molecule has 2 N–H and O–H groups in total. The van der Waals surface area contributed by atoms with E-state index in [-0.39, 0.29) is 30.5 Å². The minimum absolute atomic E-state index is 0.201. The Morgan fingerprint density at radius 3 is 2.23 bits per heavy atom. The number of furan rings is 1. The second-order valence-electron chi connectivity index (χ2n) is 19.3. The lowest BCUT2D eigenvalue weighted by atomic mass is 9.86. The van der Waals surface area contributed by atoms with Crippen LogP contribution in [0.3, 0.4) is 0 Å². The summed E-state index contributed by atoms with van der Waals surface area (Å²) in [6, 6.07) is 58.9. The van der Waals surface area contributed by atoms with E-state index in [0.717, 1.165) is 79.9 Å². The Morgan fingerprint density at radius 2 is 1.41 bits per heavy atom. The van der Waals surface area contributed by atoms with Crippen molar-refractivity contribution in [1.82, 2.24) is 19.8 Å². The monoisotopic (exact) mass is 917 g/mol. The lowest BCUT2D eigenvalue weighted by Gasteiger charge is -2.54. The predicted octanol–water partition coefficient (Wildman–Crippen LogP) is 15.3. The zero-order valence-corrected chi connectivity index (χ0v) is 39.0. The first-order valence-corrected chi connectivity index (χ1v) is 24.9. The molecule has 0 spiro atoms. The van der Waals surface area contributed by atoms with E-state index >= 15 is 0 Å². The van der Waals surface area contributed by atoms with Crippen molar-refractivity contribution >= 4 is 71.1 Å². The average molecular weight is 918 g/mol. The molecule has 6 atom stereocenters. The molecule has 0 radical (unpaired) electrons. The van der Waals surface area contributed by atoms with E-state index in [4.69, 9.17) is 9.73 Å². The summed E-state index contributed by atoms with van der Waals surface area (Å²) in [6.45, 7) is 0. The maximum atomic E-state index is 10.6. The molecule has 1 saturated heterocycles. The van der Waals surface area contributed by atoms with E-state index < -0.39 is 0 Å². The van der Waals surface area contributed by atoms with Crippen LogP contribution in [0.1, 0.15) is 54.1 Å². The fraction of sp³-hybridized carbons (Fsp3) is 0.141. The summed E-state index contributed by atoms with van der Waals surface area (Å²) in [7, 11) is 0. The Kier molecular flexibility index (Phi) is 9.99. The molecule has 7 heteroatoms. The molecule has 0 amide bonds. The van der Waals surface area contributed by atoms with Gasteiger partial charge in [-0.15, -0.1) is 0 Å². The fourth-order valence-electron chi connectivity index (χ4n) is 12.0. The fourth-order valence-corrected chi connectivity index (χ4v) is 12.0. The van der Waals surface area contributed by atoms with Gasteiger partial charge in [-0.3, -0.25) is 0 Å². The average Bonchev–Trinajstić information content (AvgIpc) is 4.12. The third kappa shape index (κ3) is 6.90. The molecular formula is C64H49N6O-. The maximum Gasteiger partial charge on any atom is 0.159 e. The number of para-hydroxylation sites is 4. The second kappa shape index (κ2) is 17.0. The Hall–Kier alpha value is -8.25. The highest BCUT2D eigenvalue weighted by atomic mass is 16.3. The van der Waals surface area contributed by atoms with E-state index in [1.165, 1.54) is 38.4 Å². The lowest BCUT2D eigenvalue weighted by Crippen LogP contribution is -2.57. The maximum absolute atomic E-state index is 10.6. The molecule has 4 heterocycles. The van der Waals surface area contributed by atoms with Gasteiger partial charge in [-0.25, -0.2) is 0 Å². The Balaban J connectivity index is 0.932. The van der Waals surface area contributed by atoms with Crippen molar-refractivity contribution in [3.05, 3.63) is 246 Å². The summed E-state index contributed by atoms with van der Waals surface area (Å²) < 4.78 is 11.6. The summed E-state index contributed by atoms with van der Waals surface area (Å²) in [5.41, 5.74) is 13.9. The number of hydrogen-bond acceptors (Lipinski definition) is 4. The van der Waals surface area contributed by atoms with Crippen LogP contribution in [-0.2, 0) is 0 Å². The van der Waals surface area contributed by atoms with E-state index in [1.54, 1.807) is 0 Å². The summed E-state index contributed by atoms with van der Waals surface area (Å²) in [4.78, 5) is 0. The van der Waals surface area contributed by atoms with Crippen molar-refractivity contribution < 1.29 is 4.42 Å². The molecule has 1 aliphatic heterocycles. The van der Waals surface area contributed by atoms with E-state index in [2.05, 4.69) is 226 Å². The molecule has 71 heavy (non-hydrogen) atoms. The molecule has 342 valence electrons. The lowest BCUT2D eigenvalue weighted by molar-refractivity contribution is 0.273. The van der Waals surface area contributed by atoms with E-state index in [9.17, 15) is 5.26 Å². The van der Waals surface area contributed by atoms with Crippen LogP contribution in [-0.4, -0.2) is 21.5 Å². The third-order valence-corrected chi connectivity index (χ3v) is 15.4. The summed E-state index contributed by atoms with van der Waals surface area (Å²) in [5.74, 6) is 0.0740. The van der Waals surface area contributed by atoms with Gasteiger partial charge in [-0.1, -0.05) is 194 Å². The smallest absolute Gasteiger partial charge is 0.159 e. The van der Waals surface area contributed by atoms with Crippen LogP contribution in [0.4, 0.5) is 0 Å². The van der Waals surface area contributed by atoms with Gasteiger partial charge in [0, 0.05) is 49.3 Å². The largest absolute Gasteiger partial charge is 0.628 e. The van der Waals surface area contributed by atoms with Gasteiger partial charge in [-0.2, -0.15) is 5.26 Å². The van der Waals surface area contributed by atoms with Crippen LogP contribution in [0.15, 0.2) is 228 Å². The molecule has 7 aromatic carbocycles. The highest BCUT2D eigenvalue weighted by Crippen LogP contribution is 2.47. The SMILES string of the molecule is N#CC1=CC(C2[N-]C(c3ccc(C4=CCCC=C4)cc3)NC(C3=CCC(c4ccccc4)C=C3)N2)C(n2c3ccccc3c3ccc4c(c5ccccc5n4-c4cccc5c4oc4ccccc45)c32)C=C1. The van der Waals surface area contributed by atoms with Gasteiger partial charge in [0.25, 0.3) is 0 Å². The van der Waals surface area contributed by atoms with Crippen molar-refractivity contribution in [3.63, 3.8) is 0 Å². The molecule has 3 aromatic heterocycles. The van der Waals surface area contributed by atoms with Crippen LogP contribution in [0, 0.1) is 17.2 Å². The zero-order chi connectivity index (χ0) is 47.0. The topological polar surface area (TPSA) is 85.0 Å². The van der Waals surface area contributed by atoms with Crippen LogP contribution >= 0.6 is 0 Å². The minimum Gasteiger partial charge on any atom is -0.628 e. The van der Waals surface area contributed by atoms with Crippen molar-refractivity contribution in [1.29, 1.82) is 5.26 Å². The number of nitriles is 1. The minimum atomic E-state index is -0.378. The molecule has 0 saturated carbocycles. The van der Waals surface area contributed by atoms with Crippen molar-refractivity contribution in [2.75, 3.05) is 0 Å². The number of fused-ring (bicyclic) bond motifs is 10. The quantitative estimate of drug-likeness (QED) is 0.167. The normalized spacial score (nSPS) is 22.4. The standard InChI is InChI=1S/C64H49N6O/c65-39-40-26-36-55(52(38-40)64-67-62(45-31-27-43(28-32-45)41-14-3-1-4-15-41)66-63(68-64)46-33-29-44(30-34-46)42-16-5-2-6-17-42)70-53-22-10-7-18-47(53)49-35-37-56-59(60(49)70)51-20-8-11-23-54(51)69(56)57-24-13-21-50-48-19-9-12-25-58(48)71-61(50)57/h1,3-5,7-27,29-38,43,52,55,62-64,66-67H,2,6,28H2/q-1. The Morgan fingerprint density at radius 1 is 0.620 bits per heavy atom. The van der Waals surface area contributed by atoms with Crippen LogP contribution in [0.5, 0.6) is 0 Å². The molecular weight excluding hydrogens is 869 g/mol. The van der Waals surface area contributed by atoms with Gasteiger partial charge in [-0.05, 0) is 83.9 Å². The molecule has 3 aliphatic carbocycles. The molecule has 0 bridgehead atoms. The van der Waals surface area contributed by atoms with Crippen LogP contribution in [0.2, 0.25) is 0 Å². The van der Waals surface area contributed by atoms with Gasteiger partial charge in [0.05, 0.1) is 40.5 Å². The van der Waals surface area contributed by atoms with Gasteiger partial charge in [0.1, 0.15) is 5.58 Å². The van der Waals surface area contributed by atoms with Crippen LogP contribution < -0.4 is 10.6 Å². The number of nitrogens with one attached hydrogen (secondary N) is 2. The second-order valence-corrected chi connectivity index (χ2v) is 19.3. The first kappa shape index (κ1) is 41.7. The number of nitrogens with zero attached hydrogens (tertiary/aromatic N) is 4. The molecule has 6 unspecified atom stereocenters. The van der Waals surface area contributed by atoms with Crippen molar-refractivity contribution in [2.45, 2.75) is 49.7 Å². The van der Waals surface area contributed by atoms with Crippen LogP contribution in [0.25, 0.3) is 82.1 Å². The molecule has 10 aromatic rings. The molecule has 14 rings (SSSR count). The zero-order valence-electron chi connectivity index (χ0n) is 39.0. The molecule has 7 nitrogen and oxygen atoms in total. The van der Waals surface area contributed by atoms with Gasteiger partial charge in [0.15, 0.2) is 5.58 Å². The highest BCUT2D eigenvalue weighted by Gasteiger charge is 2.34. The number of benzene rings is 7. The van der Waals surface area contributed by atoms with E-state index in [0.29, 0.717) is 11.5 Å². The summed E-state index contributed by atoms with van der Waals surface area (Å²) in [5, 5.41) is 31.2. The molecule has 1 fully saturated rings. The number of hydrogen-bond donors (Lipinski definition) is 2. The van der Waals surface area contributed by atoms with Gasteiger partial charge in [0.2, 0.25) is 0 Å². The first-order valence-electron chi connectivity index (χ1n) is 24.9. The number of aromatic nitrogens is 2. The third-order valence-electron chi connectivity index (χ3n) is 15.4. The Bertz CT molecular complexity index is 4000. The van der Waals surface area contributed by atoms with Crippen molar-refractivity contribution in [2.24, 2.45) is 5.92 Å². The van der Waals surface area contributed by atoms with Gasteiger partial charge >= 0.3 is 0 Å². The van der Waals surface area contributed by atoms with Gasteiger partial charge < -0.3 is 29.5 Å². The van der Waals surface area contributed by atoms with Crippen molar-refractivity contribution in [3.8, 4) is 11.8 Å². The first-order chi connectivity index (χ1) is 35.2. The number of rotatable bonds is 7. The number of allylic oxidation sites excluding steroid dienone is 9. The summed E-state index contributed by atoms with van der Waals surface area (Å²) >= 11 is 0. The summed E-state index contributed by atoms with van der Waals surface area (Å²) in [6.07, 6.45) is 22.4. The molecule has 4 aliphatic rings. The Labute approximate surface area is 411 Å².